The number of aromatic nitrogens is 4. The van der Waals surface area contributed by atoms with E-state index in [4.69, 9.17) is 4.74 Å². The number of tetrazole rings is 1. The van der Waals surface area contributed by atoms with Gasteiger partial charge in [0.25, 0.3) is 0 Å². The molecule has 0 radical (unpaired) electrons. The molecule has 1 unspecified atom stereocenters. The quantitative estimate of drug-likeness (QED) is 0.221. The smallest absolute Gasteiger partial charge is 0.331 e. The molecule has 1 fully saturated rings. The summed E-state index contributed by atoms with van der Waals surface area (Å²) in [6.45, 7) is 5.40. The van der Waals surface area contributed by atoms with E-state index >= 15 is 0 Å². The van der Waals surface area contributed by atoms with Crippen molar-refractivity contribution in [3.05, 3.63) is 126 Å². The minimum Gasteiger partial charge on any atom is -0.467 e. The number of carbonyl (C=O) groups excluding carboxylic acids is 1. The molecule has 0 spiro atoms. The number of hydrogen-bond acceptors (Lipinski definition) is 7. The van der Waals surface area contributed by atoms with E-state index in [-0.39, 0.29) is 5.97 Å². The second-order valence-corrected chi connectivity index (χ2v) is 9.66. The molecular weight excluding hydrogens is 500 g/mol. The highest BCUT2D eigenvalue weighted by Gasteiger charge is 2.27. The van der Waals surface area contributed by atoms with Crippen LogP contribution >= 0.6 is 0 Å². The van der Waals surface area contributed by atoms with Crippen molar-refractivity contribution in [1.82, 2.24) is 30.0 Å². The maximum atomic E-state index is 12.6. The first-order chi connectivity index (χ1) is 19.7. The summed E-state index contributed by atoms with van der Waals surface area (Å²) in [6.07, 6.45) is 5.95. The van der Waals surface area contributed by atoms with Gasteiger partial charge in [-0.3, -0.25) is 9.80 Å². The number of nitrogens with zero attached hydrogens (tertiary/aromatic N) is 6. The Hall–Kier alpha value is -4.14. The molecule has 1 aliphatic rings. The number of ether oxygens (including phenoxy) is 1. The summed E-state index contributed by atoms with van der Waals surface area (Å²) in [5.41, 5.74) is 2.37. The van der Waals surface area contributed by atoms with E-state index in [1.165, 1.54) is 12.7 Å². The maximum absolute atomic E-state index is 12.6. The Balaban J connectivity index is 0.000000546. The Bertz CT molecular complexity index is 1250. The van der Waals surface area contributed by atoms with E-state index in [1.807, 2.05) is 72.8 Å². The van der Waals surface area contributed by atoms with Gasteiger partial charge in [-0.1, -0.05) is 109 Å². The predicted molar refractivity (Wildman–Crippen MR) is 156 cm³/mol. The van der Waals surface area contributed by atoms with E-state index in [0.717, 1.165) is 44.7 Å². The van der Waals surface area contributed by atoms with Gasteiger partial charge in [-0.2, -0.15) is 0 Å². The van der Waals surface area contributed by atoms with Crippen LogP contribution in [0.3, 0.4) is 0 Å². The summed E-state index contributed by atoms with van der Waals surface area (Å²) in [6, 6.07) is 31.8. The number of esters is 1. The molecule has 0 aliphatic carbocycles. The van der Waals surface area contributed by atoms with E-state index < -0.39 is 6.04 Å². The zero-order valence-electron chi connectivity index (χ0n) is 23.1. The van der Waals surface area contributed by atoms with Gasteiger partial charge in [0.2, 0.25) is 0 Å². The Labute approximate surface area is 236 Å². The molecule has 1 aliphatic heterocycles. The van der Waals surface area contributed by atoms with Crippen molar-refractivity contribution >= 4 is 5.97 Å². The van der Waals surface area contributed by atoms with Crippen molar-refractivity contribution in [3.63, 3.8) is 0 Å². The van der Waals surface area contributed by atoms with Crippen LogP contribution in [0.25, 0.3) is 0 Å². The zero-order valence-corrected chi connectivity index (χ0v) is 23.1. The van der Waals surface area contributed by atoms with Crippen molar-refractivity contribution in [2.45, 2.75) is 25.4 Å². The van der Waals surface area contributed by atoms with E-state index in [2.05, 4.69) is 61.7 Å². The molecule has 4 aromatic rings. The molecule has 8 nitrogen and oxygen atoms in total. The summed E-state index contributed by atoms with van der Waals surface area (Å²) in [4.78, 5) is 17.3. The molecule has 0 amide bonds. The van der Waals surface area contributed by atoms with Crippen LogP contribution in [0.5, 0.6) is 0 Å². The molecule has 1 atom stereocenters. The van der Waals surface area contributed by atoms with Crippen LogP contribution in [0.4, 0.5) is 0 Å². The molecule has 0 bridgehead atoms. The number of allylic oxidation sites excluding steroid dienone is 1. The van der Waals surface area contributed by atoms with Crippen LogP contribution in [0.15, 0.2) is 109 Å². The fourth-order valence-corrected chi connectivity index (χ4v) is 4.57. The van der Waals surface area contributed by atoms with Crippen LogP contribution in [-0.4, -0.2) is 75.8 Å². The average Bonchev–Trinajstić information content (AvgIpc) is 3.48. The molecule has 1 aromatic heterocycles. The average molecular weight is 539 g/mol. The number of hydrogen-bond donors (Lipinski definition) is 0. The topological polar surface area (TPSA) is 76.4 Å². The summed E-state index contributed by atoms with van der Waals surface area (Å²) in [5.74, 6) is 0.340. The molecule has 2 heterocycles. The molecule has 0 saturated carbocycles. The Morgan fingerprint density at radius 3 is 1.95 bits per heavy atom. The molecule has 208 valence electrons. The second-order valence-electron chi connectivity index (χ2n) is 9.66. The predicted octanol–water partition coefficient (Wildman–Crippen LogP) is 4.23. The lowest BCUT2D eigenvalue weighted by molar-refractivity contribution is -0.145. The van der Waals surface area contributed by atoms with E-state index in [9.17, 15) is 4.79 Å². The third-order valence-electron chi connectivity index (χ3n) is 6.82. The lowest BCUT2D eigenvalue weighted by Crippen LogP contribution is -2.46. The fourth-order valence-electron chi connectivity index (χ4n) is 4.57. The first-order valence-electron chi connectivity index (χ1n) is 13.7. The van der Waals surface area contributed by atoms with Crippen molar-refractivity contribution in [2.75, 3.05) is 39.8 Å². The third kappa shape index (κ3) is 9.25. The van der Waals surface area contributed by atoms with Crippen LogP contribution in [-0.2, 0) is 28.9 Å². The summed E-state index contributed by atoms with van der Waals surface area (Å²) < 4.78 is 6.68. The highest BCUT2D eigenvalue weighted by Crippen LogP contribution is 2.18. The zero-order chi connectivity index (χ0) is 27.8. The highest BCUT2D eigenvalue weighted by molar-refractivity contribution is 5.74. The lowest BCUT2D eigenvalue weighted by Gasteiger charge is -2.33. The molecule has 5 rings (SSSR count). The first-order valence-corrected chi connectivity index (χ1v) is 13.7. The Morgan fingerprint density at radius 1 is 0.800 bits per heavy atom. The number of piperazine rings is 1. The number of rotatable bonds is 10. The molecular formula is C32H38N6O2. The number of benzene rings is 3. The van der Waals surface area contributed by atoms with Crippen LogP contribution in [0.1, 0.15) is 23.0 Å². The normalized spacial score (nSPS) is 14.8. The van der Waals surface area contributed by atoms with Crippen molar-refractivity contribution in [2.24, 2.45) is 0 Å². The van der Waals surface area contributed by atoms with Crippen molar-refractivity contribution in [1.29, 1.82) is 0 Å². The molecule has 0 N–H and O–H groups in total. The number of methoxy groups -OCH3 is 1. The van der Waals surface area contributed by atoms with Crippen molar-refractivity contribution < 1.29 is 9.53 Å². The highest BCUT2D eigenvalue weighted by atomic mass is 16.5. The minimum absolute atomic E-state index is 0.343. The molecule has 40 heavy (non-hydrogen) atoms. The second kappa shape index (κ2) is 16.1. The molecule has 8 heteroatoms. The summed E-state index contributed by atoms with van der Waals surface area (Å²) >= 11 is 0. The van der Waals surface area contributed by atoms with Gasteiger partial charge < -0.3 is 4.74 Å². The van der Waals surface area contributed by atoms with Gasteiger partial charge >= 0.3 is 5.97 Å². The summed E-state index contributed by atoms with van der Waals surface area (Å²) in [7, 11) is 1.40. The lowest BCUT2D eigenvalue weighted by atomic mass is 10.1. The monoisotopic (exact) mass is 538 g/mol. The largest absolute Gasteiger partial charge is 0.467 e. The standard InChI is InChI=1S/C26H32N6O2.C6H6/c1-34-26(33)24(20-23-13-6-3-7-14-23)32-25(27-28-29-32)21-31-18-16-30(17-19-31)15-9-8-12-22-10-4-2-5-11-22;1-2-4-6-5-3-1/h2-11,13-14,24H,12,15-21H2,1H3;1-6H/b9-8+;. The van der Waals surface area contributed by atoms with Crippen LogP contribution < -0.4 is 0 Å². The third-order valence-corrected chi connectivity index (χ3v) is 6.82. The van der Waals surface area contributed by atoms with E-state index in [1.54, 1.807) is 4.68 Å². The first kappa shape index (κ1) is 28.9. The minimum atomic E-state index is -0.589. The van der Waals surface area contributed by atoms with Gasteiger partial charge in [0.15, 0.2) is 11.9 Å². The van der Waals surface area contributed by atoms with Crippen LogP contribution in [0.2, 0.25) is 0 Å². The van der Waals surface area contributed by atoms with Gasteiger partial charge in [0.1, 0.15) is 0 Å². The maximum Gasteiger partial charge on any atom is 0.331 e. The molecule has 3 aromatic carbocycles. The Morgan fingerprint density at radius 2 is 1.35 bits per heavy atom. The summed E-state index contributed by atoms with van der Waals surface area (Å²) in [5, 5.41) is 12.2. The SMILES string of the molecule is COC(=O)C(Cc1ccccc1)n1nnnc1CN1CCN(C/C=C/Cc2ccccc2)CC1.c1ccccc1. The fraction of sp³-hybridized carbons (Fsp3) is 0.312. The molecule has 1 saturated heterocycles. The van der Waals surface area contributed by atoms with Crippen molar-refractivity contribution in [3.8, 4) is 0 Å². The van der Waals surface area contributed by atoms with E-state index in [0.29, 0.717) is 18.8 Å². The number of carbonyl (C=O) groups is 1. The van der Waals surface area contributed by atoms with Gasteiger partial charge in [-0.05, 0) is 28.0 Å². The van der Waals surface area contributed by atoms with Gasteiger partial charge in [0.05, 0.1) is 13.7 Å². The van der Waals surface area contributed by atoms with Gasteiger partial charge in [-0.25, -0.2) is 9.48 Å². The Kier molecular flexibility index (Phi) is 11.6. The van der Waals surface area contributed by atoms with Gasteiger partial charge in [-0.15, -0.1) is 5.10 Å². The van der Waals surface area contributed by atoms with Crippen LogP contribution in [0, 0.1) is 0 Å². The van der Waals surface area contributed by atoms with Gasteiger partial charge in [0, 0.05) is 39.1 Å².